The average molecular weight is 430 g/mol. The van der Waals surface area contributed by atoms with Crippen LogP contribution in [0.25, 0.3) is 10.8 Å². The molecule has 2 N–H and O–H groups in total. The zero-order chi connectivity index (χ0) is 21.4. The van der Waals surface area contributed by atoms with Crippen LogP contribution >= 0.6 is 11.6 Å². The molecular formula is C26H20ClNO3. The van der Waals surface area contributed by atoms with Crippen molar-refractivity contribution in [2.24, 2.45) is 0 Å². The highest BCUT2D eigenvalue weighted by Gasteiger charge is 2.43. The van der Waals surface area contributed by atoms with Crippen LogP contribution in [-0.4, -0.2) is 17.6 Å². The number of hydrogen-bond acceptors (Lipinski definition) is 3. The maximum absolute atomic E-state index is 13.2. The van der Waals surface area contributed by atoms with Crippen LogP contribution in [0.5, 0.6) is 11.5 Å². The van der Waals surface area contributed by atoms with Gasteiger partial charge in [-0.25, -0.2) is 0 Å². The quantitative estimate of drug-likeness (QED) is 0.453. The number of ether oxygens (including phenoxy) is 1. The molecule has 4 aromatic rings. The minimum Gasteiger partial charge on any atom is -0.507 e. The largest absolute Gasteiger partial charge is 0.507 e. The zero-order valence-corrected chi connectivity index (χ0v) is 17.4. The molecule has 1 heterocycles. The minimum atomic E-state index is -0.836. The number of rotatable bonds is 4. The summed E-state index contributed by atoms with van der Waals surface area (Å²) < 4.78 is 6.16. The fourth-order valence-corrected chi connectivity index (χ4v) is 4.46. The molecule has 5 heteroatoms. The molecule has 0 aliphatic carbocycles. The molecular weight excluding hydrogens is 410 g/mol. The van der Waals surface area contributed by atoms with Crippen molar-refractivity contribution in [2.45, 2.75) is 12.0 Å². The van der Waals surface area contributed by atoms with E-state index < -0.39 is 5.54 Å². The van der Waals surface area contributed by atoms with Gasteiger partial charge in [-0.2, -0.15) is 0 Å². The molecule has 0 saturated carbocycles. The van der Waals surface area contributed by atoms with Gasteiger partial charge >= 0.3 is 0 Å². The summed E-state index contributed by atoms with van der Waals surface area (Å²) in [6, 6.07) is 26.1. The second-order valence-corrected chi connectivity index (χ2v) is 8.25. The number of fused-ring (bicyclic) bond motifs is 3. The van der Waals surface area contributed by atoms with E-state index in [2.05, 4.69) is 5.32 Å². The van der Waals surface area contributed by atoms with Gasteiger partial charge in [-0.1, -0.05) is 72.3 Å². The normalized spacial score (nSPS) is 17.2. The number of phenolic OH excluding ortho intramolecular Hbond substituents is 1. The number of amides is 1. The molecule has 1 atom stereocenters. The van der Waals surface area contributed by atoms with Crippen molar-refractivity contribution in [3.05, 3.63) is 107 Å². The predicted molar refractivity (Wildman–Crippen MR) is 122 cm³/mol. The average Bonchev–Trinajstić information content (AvgIpc) is 3.12. The molecule has 0 unspecified atom stereocenters. The Morgan fingerprint density at radius 2 is 1.71 bits per heavy atom. The summed E-state index contributed by atoms with van der Waals surface area (Å²) in [6.07, 6.45) is 0.519. The molecule has 4 aromatic carbocycles. The van der Waals surface area contributed by atoms with Crippen LogP contribution in [0, 0.1) is 0 Å². The van der Waals surface area contributed by atoms with Crippen molar-refractivity contribution in [3.63, 3.8) is 0 Å². The first-order valence-electron chi connectivity index (χ1n) is 10.1. The standard InChI is InChI=1S/C26H20ClNO3/c27-19-10-6-9-18(13-19)25(30)28-26(15-17-7-2-1-3-8-17)16-31-24-21-12-5-4-11-20(21)23(29)14-22(24)26/h1-14,29H,15-16H2,(H,28,30)/t26-/m0/s1. The molecule has 5 rings (SSSR count). The fourth-order valence-electron chi connectivity index (χ4n) is 4.27. The summed E-state index contributed by atoms with van der Waals surface area (Å²) in [5, 5.41) is 16.0. The van der Waals surface area contributed by atoms with E-state index in [1.807, 2.05) is 54.6 Å². The lowest BCUT2D eigenvalue weighted by atomic mass is 9.84. The molecule has 1 amide bonds. The van der Waals surface area contributed by atoms with Crippen molar-refractivity contribution in [1.82, 2.24) is 5.32 Å². The summed E-state index contributed by atoms with van der Waals surface area (Å²) in [6.45, 7) is 0.261. The minimum absolute atomic E-state index is 0.161. The summed E-state index contributed by atoms with van der Waals surface area (Å²) in [5.74, 6) is 0.604. The number of carbonyl (C=O) groups is 1. The molecule has 154 valence electrons. The number of hydrogen-bond donors (Lipinski definition) is 2. The van der Waals surface area contributed by atoms with Crippen LogP contribution in [0.3, 0.4) is 0 Å². The Morgan fingerprint density at radius 1 is 0.968 bits per heavy atom. The van der Waals surface area contributed by atoms with Gasteiger partial charge < -0.3 is 15.2 Å². The third kappa shape index (κ3) is 3.49. The van der Waals surface area contributed by atoms with Crippen LogP contribution < -0.4 is 10.1 Å². The van der Waals surface area contributed by atoms with E-state index in [0.717, 1.165) is 21.9 Å². The Balaban J connectivity index is 1.64. The predicted octanol–water partition coefficient (Wildman–Crippen LogP) is 5.46. The maximum atomic E-state index is 13.2. The highest BCUT2D eigenvalue weighted by molar-refractivity contribution is 6.31. The third-order valence-electron chi connectivity index (χ3n) is 5.74. The fraction of sp³-hybridized carbons (Fsp3) is 0.115. The first kappa shape index (κ1) is 19.5. The van der Waals surface area contributed by atoms with Gasteiger partial charge in [-0.05, 0) is 29.8 Å². The van der Waals surface area contributed by atoms with Crippen LogP contribution in [0.2, 0.25) is 5.02 Å². The lowest BCUT2D eigenvalue weighted by molar-refractivity contribution is 0.0877. The van der Waals surface area contributed by atoms with E-state index in [1.54, 1.807) is 30.3 Å². The smallest absolute Gasteiger partial charge is 0.252 e. The molecule has 0 spiro atoms. The Hall–Kier alpha value is -3.50. The van der Waals surface area contributed by atoms with Crippen molar-refractivity contribution in [1.29, 1.82) is 0 Å². The first-order valence-corrected chi connectivity index (χ1v) is 10.4. The van der Waals surface area contributed by atoms with Gasteiger partial charge in [-0.3, -0.25) is 4.79 Å². The summed E-state index contributed by atoms with van der Waals surface area (Å²) in [5.41, 5.74) is 1.46. The Labute approximate surface area is 185 Å². The van der Waals surface area contributed by atoms with Gasteiger partial charge in [0.15, 0.2) is 0 Å². The summed E-state index contributed by atoms with van der Waals surface area (Å²) in [7, 11) is 0. The van der Waals surface area contributed by atoms with E-state index in [1.165, 1.54) is 0 Å². The molecule has 4 nitrogen and oxygen atoms in total. The number of carbonyl (C=O) groups excluding carboxylic acids is 1. The second kappa shape index (κ2) is 7.64. The Bertz CT molecular complexity index is 1290. The Kier molecular flexibility index (Phi) is 4.79. The topological polar surface area (TPSA) is 58.6 Å². The molecule has 31 heavy (non-hydrogen) atoms. The van der Waals surface area contributed by atoms with Gasteiger partial charge in [0.25, 0.3) is 5.91 Å². The molecule has 1 aliphatic rings. The molecule has 0 aromatic heterocycles. The molecule has 0 fully saturated rings. The van der Waals surface area contributed by atoms with Gasteiger partial charge in [-0.15, -0.1) is 0 Å². The van der Waals surface area contributed by atoms with Crippen molar-refractivity contribution in [2.75, 3.05) is 6.61 Å². The van der Waals surface area contributed by atoms with E-state index in [-0.39, 0.29) is 18.3 Å². The van der Waals surface area contributed by atoms with E-state index >= 15 is 0 Å². The van der Waals surface area contributed by atoms with Gasteiger partial charge in [0, 0.05) is 33.3 Å². The van der Waals surface area contributed by atoms with Crippen LogP contribution in [0.4, 0.5) is 0 Å². The van der Waals surface area contributed by atoms with Gasteiger partial charge in [0.1, 0.15) is 23.6 Å². The number of phenols is 1. The summed E-state index contributed by atoms with van der Waals surface area (Å²) in [4.78, 5) is 13.2. The van der Waals surface area contributed by atoms with Crippen LogP contribution in [-0.2, 0) is 12.0 Å². The molecule has 0 radical (unpaired) electrons. The number of aromatic hydroxyl groups is 1. The van der Waals surface area contributed by atoms with Crippen LogP contribution in [0.1, 0.15) is 21.5 Å². The van der Waals surface area contributed by atoms with Crippen molar-refractivity contribution in [3.8, 4) is 11.5 Å². The lowest BCUT2D eigenvalue weighted by Gasteiger charge is -2.30. The lowest BCUT2D eigenvalue weighted by Crippen LogP contribution is -2.49. The monoisotopic (exact) mass is 429 g/mol. The second-order valence-electron chi connectivity index (χ2n) is 7.82. The van der Waals surface area contributed by atoms with E-state index in [9.17, 15) is 9.90 Å². The number of nitrogens with one attached hydrogen (secondary N) is 1. The zero-order valence-electron chi connectivity index (χ0n) is 16.6. The molecule has 0 bridgehead atoms. The van der Waals surface area contributed by atoms with Crippen LogP contribution in [0.15, 0.2) is 84.9 Å². The van der Waals surface area contributed by atoms with Crippen molar-refractivity contribution < 1.29 is 14.6 Å². The molecule has 1 aliphatic heterocycles. The first-order chi connectivity index (χ1) is 15.1. The molecule has 0 saturated heterocycles. The SMILES string of the molecule is O=C(N[C@@]1(Cc2ccccc2)COc2c1cc(O)c1ccccc21)c1cccc(Cl)c1. The highest BCUT2D eigenvalue weighted by atomic mass is 35.5. The third-order valence-corrected chi connectivity index (χ3v) is 5.98. The maximum Gasteiger partial charge on any atom is 0.252 e. The van der Waals surface area contributed by atoms with Gasteiger partial charge in [0.2, 0.25) is 0 Å². The highest BCUT2D eigenvalue weighted by Crippen LogP contribution is 2.46. The van der Waals surface area contributed by atoms with Gasteiger partial charge in [0.05, 0.1) is 0 Å². The number of halogens is 1. The van der Waals surface area contributed by atoms with E-state index in [4.69, 9.17) is 16.3 Å². The van der Waals surface area contributed by atoms with Crippen molar-refractivity contribution >= 4 is 28.3 Å². The van der Waals surface area contributed by atoms with E-state index in [0.29, 0.717) is 22.8 Å². The number of benzene rings is 4. The summed E-state index contributed by atoms with van der Waals surface area (Å²) >= 11 is 6.10. The Morgan fingerprint density at radius 3 is 2.48 bits per heavy atom.